The molecular weight excluding hydrogens is 270 g/mol. The van der Waals surface area contributed by atoms with Crippen molar-refractivity contribution in [1.29, 1.82) is 0 Å². The van der Waals surface area contributed by atoms with Crippen LogP contribution in [0.25, 0.3) is 11.5 Å². The van der Waals surface area contributed by atoms with Gasteiger partial charge in [0.05, 0.1) is 19.3 Å². The van der Waals surface area contributed by atoms with E-state index in [0.717, 1.165) is 36.7 Å². The van der Waals surface area contributed by atoms with E-state index in [1.165, 1.54) is 0 Å². The molecule has 1 N–H and O–H groups in total. The second-order valence-electron chi connectivity index (χ2n) is 5.37. The molecule has 114 valence electrons. The van der Waals surface area contributed by atoms with Crippen molar-refractivity contribution in [1.82, 2.24) is 15.1 Å². The number of hydrogen-bond donors (Lipinski definition) is 1. The first-order valence-electron chi connectivity index (χ1n) is 7.14. The number of furan rings is 1. The van der Waals surface area contributed by atoms with Crippen LogP contribution in [0.15, 0.2) is 28.8 Å². The molecule has 3 heterocycles. The lowest BCUT2D eigenvalue weighted by atomic mass is 10.2. The van der Waals surface area contributed by atoms with E-state index in [1.54, 1.807) is 20.4 Å². The van der Waals surface area contributed by atoms with Gasteiger partial charge in [0.15, 0.2) is 5.76 Å². The molecule has 1 aliphatic rings. The Bertz CT molecular complexity index is 552. The summed E-state index contributed by atoms with van der Waals surface area (Å²) in [5.41, 5.74) is 0.894. The minimum Gasteiger partial charge on any atom is -0.458 e. The van der Waals surface area contributed by atoms with Crippen LogP contribution in [0.1, 0.15) is 12.2 Å². The monoisotopic (exact) mass is 291 g/mol. The van der Waals surface area contributed by atoms with Crippen molar-refractivity contribution < 1.29 is 13.9 Å². The van der Waals surface area contributed by atoms with Crippen molar-refractivity contribution in [2.45, 2.75) is 25.1 Å². The molecule has 6 nitrogen and oxygen atoms in total. The van der Waals surface area contributed by atoms with Crippen molar-refractivity contribution in [3.8, 4) is 11.5 Å². The zero-order valence-electron chi connectivity index (χ0n) is 12.4. The molecule has 6 heteroatoms. The summed E-state index contributed by atoms with van der Waals surface area (Å²) in [7, 11) is 3.50. The Morgan fingerprint density at radius 3 is 3.00 bits per heavy atom. The average molecular weight is 291 g/mol. The topological polar surface area (TPSA) is 63.5 Å². The van der Waals surface area contributed by atoms with Crippen LogP contribution < -0.4 is 0 Å². The van der Waals surface area contributed by atoms with Crippen molar-refractivity contribution in [2.24, 2.45) is 0 Å². The van der Waals surface area contributed by atoms with Gasteiger partial charge in [-0.25, -0.2) is 0 Å². The first-order valence-corrected chi connectivity index (χ1v) is 7.14. The highest BCUT2D eigenvalue weighted by Gasteiger charge is 2.32. The van der Waals surface area contributed by atoms with Crippen molar-refractivity contribution >= 4 is 0 Å². The number of aromatic nitrogens is 2. The Morgan fingerprint density at radius 2 is 2.29 bits per heavy atom. The zero-order chi connectivity index (χ0) is 14.7. The maximum atomic E-state index is 5.89. The molecule has 3 rings (SSSR count). The average Bonchev–Trinajstić information content (AvgIpc) is 3.20. The molecule has 0 amide bonds. The molecular formula is C15H21N3O3. The van der Waals surface area contributed by atoms with Crippen LogP contribution in [-0.4, -0.2) is 54.6 Å². The van der Waals surface area contributed by atoms with E-state index < -0.39 is 0 Å². The van der Waals surface area contributed by atoms with Gasteiger partial charge in [-0.15, -0.1) is 0 Å². The second kappa shape index (κ2) is 6.43. The zero-order valence-corrected chi connectivity index (χ0v) is 12.4. The van der Waals surface area contributed by atoms with Gasteiger partial charge in [0.1, 0.15) is 11.5 Å². The minimum atomic E-state index is 0.271. The molecule has 0 saturated carbocycles. The SMILES string of the molecule is COC[C@@H]1C[C@@H](OC)CN1Cc1ccc(-c2ccn[nH]2)o1. The van der Waals surface area contributed by atoms with Crippen molar-refractivity contribution in [2.75, 3.05) is 27.4 Å². The quantitative estimate of drug-likeness (QED) is 0.880. The van der Waals surface area contributed by atoms with E-state index in [-0.39, 0.29) is 6.10 Å². The highest BCUT2D eigenvalue weighted by molar-refractivity contribution is 5.51. The summed E-state index contributed by atoms with van der Waals surface area (Å²) in [6.45, 7) is 2.39. The third kappa shape index (κ3) is 3.18. The van der Waals surface area contributed by atoms with Crippen LogP contribution in [0.3, 0.4) is 0 Å². The smallest absolute Gasteiger partial charge is 0.152 e. The Kier molecular flexibility index (Phi) is 4.38. The molecule has 1 saturated heterocycles. The van der Waals surface area contributed by atoms with Gasteiger partial charge >= 0.3 is 0 Å². The van der Waals surface area contributed by atoms with Crippen LogP contribution in [0.4, 0.5) is 0 Å². The second-order valence-corrected chi connectivity index (χ2v) is 5.37. The number of nitrogens with zero attached hydrogens (tertiary/aromatic N) is 2. The summed E-state index contributed by atoms with van der Waals surface area (Å²) in [6.07, 6.45) is 2.99. The maximum Gasteiger partial charge on any atom is 0.152 e. The van der Waals surface area contributed by atoms with E-state index in [9.17, 15) is 0 Å². The number of likely N-dealkylation sites (tertiary alicyclic amines) is 1. The maximum absolute atomic E-state index is 5.89. The summed E-state index contributed by atoms with van der Waals surface area (Å²) < 4.78 is 16.7. The molecule has 0 spiro atoms. The van der Waals surface area contributed by atoms with E-state index >= 15 is 0 Å². The minimum absolute atomic E-state index is 0.271. The first kappa shape index (κ1) is 14.3. The Labute approximate surface area is 124 Å². The Hall–Kier alpha value is -1.63. The molecule has 1 fully saturated rings. The van der Waals surface area contributed by atoms with Crippen LogP contribution in [0, 0.1) is 0 Å². The van der Waals surface area contributed by atoms with Gasteiger partial charge in [0, 0.05) is 33.0 Å². The fraction of sp³-hybridized carbons (Fsp3) is 0.533. The van der Waals surface area contributed by atoms with Gasteiger partial charge in [0.2, 0.25) is 0 Å². The fourth-order valence-electron chi connectivity index (χ4n) is 2.87. The number of ether oxygens (including phenoxy) is 2. The Morgan fingerprint density at radius 1 is 1.38 bits per heavy atom. The molecule has 2 aromatic heterocycles. The number of H-pyrrole nitrogens is 1. The summed E-state index contributed by atoms with van der Waals surface area (Å²) >= 11 is 0. The molecule has 21 heavy (non-hydrogen) atoms. The number of aromatic amines is 1. The third-order valence-corrected chi connectivity index (χ3v) is 3.97. The lowest BCUT2D eigenvalue weighted by molar-refractivity contribution is 0.103. The summed E-state index contributed by atoms with van der Waals surface area (Å²) in [6, 6.07) is 6.26. The van der Waals surface area contributed by atoms with Crippen LogP contribution in [0.5, 0.6) is 0 Å². The summed E-state index contributed by atoms with van der Waals surface area (Å²) in [5, 5.41) is 6.85. The highest BCUT2D eigenvalue weighted by atomic mass is 16.5. The van der Waals surface area contributed by atoms with E-state index in [1.807, 2.05) is 18.2 Å². The molecule has 0 aromatic carbocycles. The van der Waals surface area contributed by atoms with Crippen LogP contribution in [-0.2, 0) is 16.0 Å². The lowest BCUT2D eigenvalue weighted by Crippen LogP contribution is -2.32. The number of nitrogens with one attached hydrogen (secondary N) is 1. The standard InChI is InChI=1S/C15H21N3O3/c1-19-10-11-7-13(20-2)9-18(11)8-12-3-4-15(21-12)14-5-6-16-17-14/h3-6,11,13H,7-10H2,1-2H3,(H,16,17)/t11-,13+/m0/s1. The van der Waals surface area contributed by atoms with Crippen molar-refractivity contribution in [3.63, 3.8) is 0 Å². The first-order chi connectivity index (χ1) is 10.3. The normalized spacial score (nSPS) is 23.0. The summed E-state index contributed by atoms with van der Waals surface area (Å²) in [5.74, 6) is 1.76. The van der Waals surface area contributed by atoms with Gasteiger partial charge in [-0.2, -0.15) is 5.10 Å². The Balaban J connectivity index is 1.68. The summed E-state index contributed by atoms with van der Waals surface area (Å²) in [4.78, 5) is 2.35. The number of hydrogen-bond acceptors (Lipinski definition) is 5. The van der Waals surface area contributed by atoms with Crippen molar-refractivity contribution in [3.05, 3.63) is 30.2 Å². The number of rotatable bonds is 6. The predicted octanol–water partition coefficient (Wildman–Crippen LogP) is 1.91. The van der Waals surface area contributed by atoms with Gasteiger partial charge in [-0.05, 0) is 24.6 Å². The van der Waals surface area contributed by atoms with E-state index in [2.05, 4.69) is 15.1 Å². The van der Waals surface area contributed by atoms with Gasteiger partial charge in [-0.1, -0.05) is 0 Å². The lowest BCUT2D eigenvalue weighted by Gasteiger charge is -2.22. The third-order valence-electron chi connectivity index (χ3n) is 3.97. The van der Waals surface area contributed by atoms with E-state index in [0.29, 0.717) is 12.6 Å². The van der Waals surface area contributed by atoms with Crippen LogP contribution >= 0.6 is 0 Å². The molecule has 0 radical (unpaired) electrons. The van der Waals surface area contributed by atoms with Crippen LogP contribution in [0.2, 0.25) is 0 Å². The van der Waals surface area contributed by atoms with Gasteiger partial charge in [-0.3, -0.25) is 10.00 Å². The van der Waals surface area contributed by atoms with E-state index in [4.69, 9.17) is 13.9 Å². The molecule has 0 unspecified atom stereocenters. The molecule has 0 aliphatic carbocycles. The molecule has 2 atom stereocenters. The highest BCUT2D eigenvalue weighted by Crippen LogP contribution is 2.25. The number of methoxy groups -OCH3 is 2. The fourth-order valence-corrected chi connectivity index (χ4v) is 2.87. The largest absolute Gasteiger partial charge is 0.458 e. The predicted molar refractivity (Wildman–Crippen MR) is 77.8 cm³/mol. The molecule has 0 bridgehead atoms. The molecule has 2 aromatic rings. The van der Waals surface area contributed by atoms with Gasteiger partial charge in [0.25, 0.3) is 0 Å². The molecule has 1 aliphatic heterocycles. The van der Waals surface area contributed by atoms with Gasteiger partial charge < -0.3 is 13.9 Å².